The molecule has 2 rings (SSSR count). The van der Waals surface area contributed by atoms with Crippen LogP contribution in [-0.2, 0) is 4.79 Å². The Morgan fingerprint density at radius 1 is 1.44 bits per heavy atom. The van der Waals surface area contributed by atoms with Gasteiger partial charge in [0.05, 0.1) is 10.5 Å². The minimum absolute atomic E-state index is 0.241. The lowest BCUT2D eigenvalue weighted by Crippen LogP contribution is -2.06. The molecule has 0 saturated heterocycles. The maximum atomic E-state index is 11.5. The summed E-state index contributed by atoms with van der Waals surface area (Å²) in [5, 5.41) is 1.10. The van der Waals surface area contributed by atoms with Crippen molar-refractivity contribution in [1.82, 2.24) is 4.98 Å². The van der Waals surface area contributed by atoms with E-state index in [-0.39, 0.29) is 5.97 Å². The summed E-state index contributed by atoms with van der Waals surface area (Å²) in [6.45, 7) is 1.93. The van der Waals surface area contributed by atoms with Gasteiger partial charge in [0.1, 0.15) is 5.69 Å². The molecule has 0 atom stereocenters. The fourth-order valence-electron chi connectivity index (χ4n) is 1.50. The Hall–Kier alpha value is -1.39. The van der Waals surface area contributed by atoms with Crippen LogP contribution in [0.5, 0.6) is 5.06 Å². The number of thiazole rings is 1. The highest BCUT2D eigenvalue weighted by Crippen LogP contribution is 2.36. The van der Waals surface area contributed by atoms with E-state index in [1.165, 1.54) is 11.3 Å². The maximum absolute atomic E-state index is 11.5. The zero-order valence-corrected chi connectivity index (χ0v) is 11.4. The van der Waals surface area contributed by atoms with Crippen LogP contribution in [0.4, 0.5) is 0 Å². The van der Waals surface area contributed by atoms with Gasteiger partial charge in [-0.3, -0.25) is 4.79 Å². The summed E-state index contributed by atoms with van der Waals surface area (Å²) in [5.41, 5.74) is 3.04. The minimum Gasteiger partial charge on any atom is -0.413 e. The molecule has 1 heterocycles. The van der Waals surface area contributed by atoms with Crippen LogP contribution in [-0.4, -0.2) is 11.0 Å². The molecule has 1 aromatic heterocycles. The standard InChI is InChI=1S/C13H12ClNO2S/c1-2-5-11(16)17-13-12(15-8-18-13)9-6-3-4-7-10(9)14/h3-4,6-8H,2,5H2,1H3. The first-order chi connectivity index (χ1) is 8.72. The Labute approximate surface area is 114 Å². The summed E-state index contributed by atoms with van der Waals surface area (Å²) < 4.78 is 5.29. The van der Waals surface area contributed by atoms with Crippen LogP contribution in [0, 0.1) is 0 Å². The van der Waals surface area contributed by atoms with Gasteiger partial charge in [-0.25, -0.2) is 4.98 Å². The van der Waals surface area contributed by atoms with Gasteiger partial charge in [0.15, 0.2) is 0 Å². The Morgan fingerprint density at radius 2 is 2.22 bits per heavy atom. The third-order valence-corrected chi connectivity index (χ3v) is 3.36. The molecule has 0 aliphatic heterocycles. The number of nitrogens with zero attached hydrogens (tertiary/aromatic N) is 1. The van der Waals surface area contributed by atoms with Crippen LogP contribution < -0.4 is 4.74 Å². The van der Waals surface area contributed by atoms with Crippen molar-refractivity contribution < 1.29 is 9.53 Å². The van der Waals surface area contributed by atoms with E-state index in [2.05, 4.69) is 4.98 Å². The van der Waals surface area contributed by atoms with E-state index >= 15 is 0 Å². The predicted octanol–water partition coefficient (Wildman–Crippen LogP) is 4.17. The zero-order chi connectivity index (χ0) is 13.0. The molecule has 94 valence electrons. The molecule has 2 aromatic rings. The average Bonchev–Trinajstić information content (AvgIpc) is 2.78. The molecule has 0 amide bonds. The molecule has 0 aliphatic carbocycles. The topological polar surface area (TPSA) is 39.2 Å². The number of carbonyl (C=O) groups is 1. The van der Waals surface area contributed by atoms with Gasteiger partial charge >= 0.3 is 5.97 Å². The van der Waals surface area contributed by atoms with E-state index in [9.17, 15) is 4.79 Å². The molecule has 5 heteroatoms. The number of halogens is 1. The smallest absolute Gasteiger partial charge is 0.312 e. The quantitative estimate of drug-likeness (QED) is 0.790. The first-order valence-electron chi connectivity index (χ1n) is 5.61. The van der Waals surface area contributed by atoms with Crippen LogP contribution in [0.2, 0.25) is 5.02 Å². The number of esters is 1. The van der Waals surface area contributed by atoms with Crippen molar-refractivity contribution in [2.24, 2.45) is 0 Å². The number of ether oxygens (including phenoxy) is 1. The molecule has 0 bridgehead atoms. The van der Waals surface area contributed by atoms with Gasteiger partial charge in [-0.15, -0.1) is 0 Å². The van der Waals surface area contributed by atoms with Crippen LogP contribution >= 0.6 is 22.9 Å². The van der Waals surface area contributed by atoms with Gasteiger partial charge in [-0.2, -0.15) is 0 Å². The Morgan fingerprint density at radius 3 is 2.94 bits per heavy atom. The lowest BCUT2D eigenvalue weighted by atomic mass is 10.2. The Bertz CT molecular complexity index is 553. The van der Waals surface area contributed by atoms with Crippen molar-refractivity contribution in [3.8, 4) is 16.3 Å². The molecular formula is C13H12ClNO2S. The van der Waals surface area contributed by atoms with Crippen molar-refractivity contribution in [2.45, 2.75) is 19.8 Å². The van der Waals surface area contributed by atoms with Crippen molar-refractivity contribution in [3.05, 3.63) is 34.8 Å². The van der Waals surface area contributed by atoms with Crippen LogP contribution in [0.25, 0.3) is 11.3 Å². The lowest BCUT2D eigenvalue weighted by molar-refractivity contribution is -0.134. The second-order valence-corrected chi connectivity index (χ2v) is 4.92. The lowest BCUT2D eigenvalue weighted by Gasteiger charge is -2.05. The summed E-state index contributed by atoms with van der Waals surface area (Å²) in [7, 11) is 0. The van der Waals surface area contributed by atoms with Crippen molar-refractivity contribution >= 4 is 28.9 Å². The normalized spacial score (nSPS) is 10.3. The summed E-state index contributed by atoms with van der Waals surface area (Å²) in [6.07, 6.45) is 1.17. The van der Waals surface area contributed by atoms with Gasteiger partial charge in [0.2, 0.25) is 5.06 Å². The first kappa shape index (κ1) is 13.1. The molecule has 0 saturated carbocycles. The third-order valence-electron chi connectivity index (χ3n) is 2.32. The zero-order valence-electron chi connectivity index (χ0n) is 9.85. The van der Waals surface area contributed by atoms with E-state index < -0.39 is 0 Å². The van der Waals surface area contributed by atoms with E-state index in [1.54, 1.807) is 11.6 Å². The maximum Gasteiger partial charge on any atom is 0.312 e. The van der Waals surface area contributed by atoms with Crippen LogP contribution in [0.3, 0.4) is 0 Å². The largest absolute Gasteiger partial charge is 0.413 e. The highest BCUT2D eigenvalue weighted by Gasteiger charge is 2.15. The fraction of sp³-hybridized carbons (Fsp3) is 0.231. The molecule has 0 unspecified atom stereocenters. The fourth-order valence-corrected chi connectivity index (χ4v) is 2.39. The van der Waals surface area contributed by atoms with Crippen LogP contribution in [0.1, 0.15) is 19.8 Å². The van der Waals surface area contributed by atoms with E-state index in [1.807, 2.05) is 25.1 Å². The number of benzene rings is 1. The highest BCUT2D eigenvalue weighted by molar-refractivity contribution is 7.12. The number of hydrogen-bond donors (Lipinski definition) is 0. The molecule has 0 radical (unpaired) electrons. The SMILES string of the molecule is CCCC(=O)Oc1scnc1-c1ccccc1Cl. The molecule has 3 nitrogen and oxygen atoms in total. The van der Waals surface area contributed by atoms with E-state index in [0.717, 1.165) is 12.0 Å². The summed E-state index contributed by atoms with van der Waals surface area (Å²) >= 11 is 7.40. The number of hydrogen-bond acceptors (Lipinski definition) is 4. The average molecular weight is 282 g/mol. The number of rotatable bonds is 4. The summed E-state index contributed by atoms with van der Waals surface area (Å²) in [5.74, 6) is -0.241. The third kappa shape index (κ3) is 2.89. The van der Waals surface area contributed by atoms with Crippen molar-refractivity contribution in [1.29, 1.82) is 0 Å². The van der Waals surface area contributed by atoms with Gasteiger partial charge < -0.3 is 4.74 Å². The van der Waals surface area contributed by atoms with Gasteiger partial charge in [-0.05, 0) is 12.5 Å². The molecule has 0 N–H and O–H groups in total. The second-order valence-electron chi connectivity index (χ2n) is 3.69. The molecule has 0 aliphatic rings. The molecule has 0 spiro atoms. The predicted molar refractivity (Wildman–Crippen MR) is 73.1 cm³/mol. The van der Waals surface area contributed by atoms with E-state index in [0.29, 0.717) is 22.2 Å². The van der Waals surface area contributed by atoms with Crippen molar-refractivity contribution in [2.75, 3.05) is 0 Å². The molecular weight excluding hydrogens is 270 g/mol. The number of carbonyl (C=O) groups excluding carboxylic acids is 1. The van der Waals surface area contributed by atoms with Crippen LogP contribution in [0.15, 0.2) is 29.8 Å². The summed E-state index contributed by atoms with van der Waals surface area (Å²) in [4.78, 5) is 15.7. The second kappa shape index (κ2) is 5.98. The molecule has 1 aromatic carbocycles. The highest BCUT2D eigenvalue weighted by atomic mass is 35.5. The first-order valence-corrected chi connectivity index (χ1v) is 6.87. The van der Waals surface area contributed by atoms with Crippen molar-refractivity contribution in [3.63, 3.8) is 0 Å². The van der Waals surface area contributed by atoms with Gasteiger partial charge in [0, 0.05) is 12.0 Å². The minimum atomic E-state index is -0.241. The van der Waals surface area contributed by atoms with Gasteiger partial charge in [0.25, 0.3) is 0 Å². The number of aromatic nitrogens is 1. The molecule has 0 fully saturated rings. The Kier molecular flexibility index (Phi) is 4.33. The van der Waals surface area contributed by atoms with Gasteiger partial charge in [-0.1, -0.05) is 48.1 Å². The monoisotopic (exact) mass is 281 g/mol. The van der Waals surface area contributed by atoms with E-state index in [4.69, 9.17) is 16.3 Å². The Balaban J connectivity index is 2.28. The summed E-state index contributed by atoms with van der Waals surface area (Å²) in [6, 6.07) is 7.36. The molecule has 18 heavy (non-hydrogen) atoms.